The molecule has 22 heavy (non-hydrogen) atoms. The summed E-state index contributed by atoms with van der Waals surface area (Å²) in [5, 5.41) is 9.49. The number of pyridine rings is 1. The van der Waals surface area contributed by atoms with Gasteiger partial charge in [0.2, 0.25) is 0 Å². The molecule has 0 amide bonds. The van der Waals surface area contributed by atoms with Crippen LogP contribution >= 0.6 is 0 Å². The van der Waals surface area contributed by atoms with Crippen molar-refractivity contribution in [2.24, 2.45) is 7.05 Å². The summed E-state index contributed by atoms with van der Waals surface area (Å²) in [6.45, 7) is 1.15. The lowest BCUT2D eigenvalue weighted by Gasteiger charge is -2.12. The normalized spacial score (nSPS) is 14.2. The van der Waals surface area contributed by atoms with Gasteiger partial charge in [0.25, 0.3) is 5.56 Å². The third kappa shape index (κ3) is 2.55. The van der Waals surface area contributed by atoms with E-state index >= 15 is 0 Å². The van der Waals surface area contributed by atoms with Crippen LogP contribution in [0.5, 0.6) is 11.5 Å². The van der Waals surface area contributed by atoms with Crippen LogP contribution in [0.25, 0.3) is 17.0 Å². The van der Waals surface area contributed by atoms with Crippen LogP contribution in [0.2, 0.25) is 0 Å². The quantitative estimate of drug-likeness (QED) is 0.856. The highest BCUT2D eigenvalue weighted by molar-refractivity contribution is 5.88. The van der Waals surface area contributed by atoms with Crippen LogP contribution in [0, 0.1) is 0 Å². The Hall–Kier alpha value is -2.76. The van der Waals surface area contributed by atoms with Gasteiger partial charge in [-0.15, -0.1) is 0 Å². The van der Waals surface area contributed by atoms with Crippen LogP contribution in [-0.4, -0.2) is 28.9 Å². The summed E-state index contributed by atoms with van der Waals surface area (Å²) in [6.07, 6.45) is 3.05. The average molecular weight is 301 g/mol. The molecule has 0 spiro atoms. The molecule has 0 atom stereocenters. The lowest BCUT2D eigenvalue weighted by Crippen LogP contribution is -2.19. The molecule has 114 valence electrons. The first-order valence-electron chi connectivity index (χ1n) is 6.90. The zero-order chi connectivity index (χ0) is 15.7. The maximum absolute atomic E-state index is 12.3. The number of hydrogen-bond acceptors (Lipinski definition) is 4. The van der Waals surface area contributed by atoms with E-state index in [1.807, 2.05) is 6.07 Å². The van der Waals surface area contributed by atoms with Gasteiger partial charge in [0.1, 0.15) is 0 Å². The Balaban J connectivity index is 2.21. The zero-order valence-electron chi connectivity index (χ0n) is 12.0. The second kappa shape index (κ2) is 5.55. The van der Waals surface area contributed by atoms with E-state index < -0.39 is 5.97 Å². The van der Waals surface area contributed by atoms with Crippen LogP contribution in [0.1, 0.15) is 12.0 Å². The van der Waals surface area contributed by atoms with Crippen LogP contribution in [0.4, 0.5) is 0 Å². The van der Waals surface area contributed by atoms with Crippen LogP contribution in [0.3, 0.4) is 0 Å². The molecule has 2 aromatic rings. The highest BCUT2D eigenvalue weighted by Crippen LogP contribution is 2.33. The predicted octanol–water partition coefficient (Wildman–Crippen LogP) is 1.80. The maximum Gasteiger partial charge on any atom is 0.328 e. The molecule has 0 radical (unpaired) electrons. The van der Waals surface area contributed by atoms with E-state index in [-0.39, 0.29) is 5.56 Å². The second-order valence-corrected chi connectivity index (χ2v) is 5.04. The number of benzene rings is 1. The number of hydrogen-bond donors (Lipinski definition) is 1. The first kappa shape index (κ1) is 14.2. The molecule has 0 bridgehead atoms. The topological polar surface area (TPSA) is 77.8 Å². The molecule has 2 heterocycles. The number of rotatable bonds is 2. The SMILES string of the molecule is Cn1c(=O)c(/C=C/C(=O)O)cc2cc3c(cc21)OCCCO3. The Labute approximate surface area is 126 Å². The first-order valence-corrected chi connectivity index (χ1v) is 6.90. The number of aryl methyl sites for hydroxylation is 1. The molecule has 0 fully saturated rings. The molecule has 1 aliphatic heterocycles. The van der Waals surface area contributed by atoms with Gasteiger partial charge in [0.15, 0.2) is 11.5 Å². The van der Waals surface area contributed by atoms with Gasteiger partial charge >= 0.3 is 5.97 Å². The van der Waals surface area contributed by atoms with Crippen LogP contribution in [0.15, 0.2) is 29.1 Å². The average Bonchev–Trinajstić information content (AvgIpc) is 2.72. The molecule has 1 aromatic heterocycles. The van der Waals surface area contributed by atoms with E-state index in [1.165, 1.54) is 10.6 Å². The minimum absolute atomic E-state index is 0.264. The van der Waals surface area contributed by atoms with Gasteiger partial charge in [0, 0.05) is 36.6 Å². The fraction of sp³-hybridized carbons (Fsp3) is 0.250. The Morgan fingerprint density at radius 1 is 1.23 bits per heavy atom. The highest BCUT2D eigenvalue weighted by Gasteiger charge is 2.14. The summed E-state index contributed by atoms with van der Waals surface area (Å²) < 4.78 is 12.7. The molecule has 6 nitrogen and oxygen atoms in total. The van der Waals surface area contributed by atoms with Crippen molar-refractivity contribution in [3.05, 3.63) is 40.2 Å². The van der Waals surface area contributed by atoms with Gasteiger partial charge in [-0.1, -0.05) is 0 Å². The van der Waals surface area contributed by atoms with Crippen molar-refractivity contribution < 1.29 is 19.4 Å². The van der Waals surface area contributed by atoms with Crippen molar-refractivity contribution in [3.8, 4) is 11.5 Å². The van der Waals surface area contributed by atoms with E-state index in [1.54, 1.807) is 19.2 Å². The number of carboxylic acids is 1. The standard InChI is InChI=1S/C16H15NO5/c1-17-12-9-14-13(21-5-2-6-22-14)8-11(12)7-10(16(17)20)3-4-15(18)19/h3-4,7-9H,2,5-6H2,1H3,(H,18,19)/b4-3+. The molecule has 0 aliphatic carbocycles. The number of carbonyl (C=O) groups is 1. The number of aliphatic carboxylic acids is 1. The number of aromatic nitrogens is 1. The predicted molar refractivity (Wildman–Crippen MR) is 81.5 cm³/mol. The van der Waals surface area contributed by atoms with Gasteiger partial charge in [-0.3, -0.25) is 4.79 Å². The minimum Gasteiger partial charge on any atom is -0.490 e. The fourth-order valence-electron chi connectivity index (χ4n) is 2.43. The van der Waals surface area contributed by atoms with Gasteiger partial charge in [-0.05, 0) is 18.2 Å². The van der Waals surface area contributed by atoms with Gasteiger partial charge in [0.05, 0.1) is 18.7 Å². The number of fused-ring (bicyclic) bond motifs is 2. The second-order valence-electron chi connectivity index (χ2n) is 5.04. The molecule has 3 rings (SSSR count). The molecule has 0 saturated heterocycles. The molecular weight excluding hydrogens is 286 g/mol. The number of ether oxygens (including phenoxy) is 2. The Morgan fingerprint density at radius 2 is 1.91 bits per heavy atom. The summed E-state index contributed by atoms with van der Waals surface area (Å²) >= 11 is 0. The third-order valence-corrected chi connectivity index (χ3v) is 3.53. The maximum atomic E-state index is 12.3. The molecule has 0 unspecified atom stereocenters. The molecule has 1 aliphatic rings. The van der Waals surface area contributed by atoms with Crippen LogP contribution < -0.4 is 15.0 Å². The van der Waals surface area contributed by atoms with Crippen molar-refractivity contribution in [1.82, 2.24) is 4.57 Å². The van der Waals surface area contributed by atoms with E-state index in [2.05, 4.69) is 0 Å². The third-order valence-electron chi connectivity index (χ3n) is 3.53. The van der Waals surface area contributed by atoms with Crippen LogP contribution in [-0.2, 0) is 11.8 Å². The Morgan fingerprint density at radius 3 is 2.59 bits per heavy atom. The summed E-state index contributed by atoms with van der Waals surface area (Å²) in [6, 6.07) is 5.25. The molecule has 1 aromatic carbocycles. The zero-order valence-corrected chi connectivity index (χ0v) is 12.0. The Kier molecular flexibility index (Phi) is 3.58. The lowest BCUT2D eigenvalue weighted by atomic mass is 10.1. The first-order chi connectivity index (χ1) is 10.6. The fourth-order valence-corrected chi connectivity index (χ4v) is 2.43. The molecule has 6 heteroatoms. The van der Waals surface area contributed by atoms with Gasteiger partial charge in [-0.2, -0.15) is 0 Å². The summed E-state index contributed by atoms with van der Waals surface area (Å²) in [7, 11) is 1.65. The Bertz CT molecular complexity index is 835. The summed E-state index contributed by atoms with van der Waals surface area (Å²) in [4.78, 5) is 22.9. The number of carboxylic acid groups (broad SMARTS) is 1. The van der Waals surface area contributed by atoms with E-state index in [4.69, 9.17) is 14.6 Å². The summed E-state index contributed by atoms with van der Waals surface area (Å²) in [5.41, 5.74) is 0.758. The smallest absolute Gasteiger partial charge is 0.328 e. The van der Waals surface area contributed by atoms with E-state index in [0.717, 1.165) is 17.9 Å². The lowest BCUT2D eigenvalue weighted by molar-refractivity contribution is -0.131. The van der Waals surface area contributed by atoms with Crippen molar-refractivity contribution >= 4 is 22.9 Å². The van der Waals surface area contributed by atoms with Crippen molar-refractivity contribution in [1.29, 1.82) is 0 Å². The van der Waals surface area contributed by atoms with Crippen molar-refractivity contribution in [2.75, 3.05) is 13.2 Å². The van der Waals surface area contributed by atoms with Crippen molar-refractivity contribution in [2.45, 2.75) is 6.42 Å². The monoisotopic (exact) mass is 301 g/mol. The van der Waals surface area contributed by atoms with Crippen molar-refractivity contribution in [3.63, 3.8) is 0 Å². The highest BCUT2D eigenvalue weighted by atomic mass is 16.5. The van der Waals surface area contributed by atoms with E-state index in [0.29, 0.717) is 35.8 Å². The molecule has 0 saturated carbocycles. The van der Waals surface area contributed by atoms with Gasteiger partial charge in [-0.25, -0.2) is 4.79 Å². The minimum atomic E-state index is -1.10. The largest absolute Gasteiger partial charge is 0.490 e. The van der Waals surface area contributed by atoms with Gasteiger partial charge < -0.3 is 19.1 Å². The number of nitrogens with zero attached hydrogens (tertiary/aromatic N) is 1. The molecule has 1 N–H and O–H groups in total. The summed E-state index contributed by atoms with van der Waals surface area (Å²) in [5.74, 6) is 0.159. The molecular formula is C16H15NO5. The van der Waals surface area contributed by atoms with E-state index in [9.17, 15) is 9.59 Å².